The third kappa shape index (κ3) is 3.05. The molecule has 116 valence electrons. The van der Waals surface area contributed by atoms with Gasteiger partial charge < -0.3 is 14.8 Å². The minimum absolute atomic E-state index is 0.0683. The van der Waals surface area contributed by atoms with Crippen molar-refractivity contribution in [1.82, 2.24) is 4.90 Å². The van der Waals surface area contributed by atoms with Crippen LogP contribution in [0.5, 0.6) is 11.5 Å². The number of hydrogen-bond donors (Lipinski definition) is 1. The highest BCUT2D eigenvalue weighted by Gasteiger charge is 2.37. The summed E-state index contributed by atoms with van der Waals surface area (Å²) in [6.45, 7) is -0.574. The zero-order valence-corrected chi connectivity index (χ0v) is 12.0. The molecule has 2 unspecified atom stereocenters. The van der Waals surface area contributed by atoms with E-state index < -0.39 is 6.61 Å². The van der Waals surface area contributed by atoms with Gasteiger partial charge in [0.25, 0.3) is 0 Å². The van der Waals surface area contributed by atoms with Crippen molar-refractivity contribution in [2.45, 2.75) is 38.0 Å². The first kappa shape index (κ1) is 14.4. The Morgan fingerprint density at radius 3 is 2.86 bits per heavy atom. The molecule has 2 heterocycles. The largest absolute Gasteiger partial charge is 0.493 e. The van der Waals surface area contributed by atoms with Gasteiger partial charge in [-0.3, -0.25) is 4.90 Å². The molecule has 1 aromatic carbocycles. The maximum absolute atomic E-state index is 12.4. The first-order chi connectivity index (χ1) is 10.2. The Bertz CT molecular complexity index is 499. The van der Waals surface area contributed by atoms with Crippen LogP contribution in [0.4, 0.5) is 14.5 Å². The SMILES string of the molecule is COc1ccc(NC2CCN3CCCC23)cc1OC(F)F. The maximum atomic E-state index is 12.4. The van der Waals surface area contributed by atoms with Crippen LogP contribution in [-0.4, -0.2) is 43.8 Å². The summed E-state index contributed by atoms with van der Waals surface area (Å²) in [4.78, 5) is 2.50. The van der Waals surface area contributed by atoms with E-state index in [1.807, 2.05) is 6.07 Å². The molecule has 1 aromatic rings. The molecular formula is C15H20F2N2O2. The van der Waals surface area contributed by atoms with Crippen molar-refractivity contribution in [3.63, 3.8) is 0 Å². The van der Waals surface area contributed by atoms with Gasteiger partial charge in [0.15, 0.2) is 11.5 Å². The highest BCUT2D eigenvalue weighted by molar-refractivity contribution is 5.55. The van der Waals surface area contributed by atoms with Crippen molar-refractivity contribution in [3.8, 4) is 11.5 Å². The van der Waals surface area contributed by atoms with E-state index in [0.29, 0.717) is 17.8 Å². The van der Waals surface area contributed by atoms with Crippen molar-refractivity contribution in [3.05, 3.63) is 18.2 Å². The lowest BCUT2D eigenvalue weighted by Gasteiger charge is -2.22. The number of anilines is 1. The average Bonchev–Trinajstić information content (AvgIpc) is 3.03. The summed E-state index contributed by atoms with van der Waals surface area (Å²) < 4.78 is 34.5. The fraction of sp³-hybridized carbons (Fsp3) is 0.600. The van der Waals surface area contributed by atoms with Gasteiger partial charge in [0.1, 0.15) is 0 Å². The number of rotatable bonds is 5. The van der Waals surface area contributed by atoms with E-state index in [-0.39, 0.29) is 5.75 Å². The van der Waals surface area contributed by atoms with Crippen molar-refractivity contribution in [1.29, 1.82) is 0 Å². The van der Waals surface area contributed by atoms with Gasteiger partial charge in [-0.2, -0.15) is 8.78 Å². The normalized spacial score (nSPS) is 25.1. The summed E-state index contributed by atoms with van der Waals surface area (Å²) in [6, 6.07) is 6.02. The summed E-state index contributed by atoms with van der Waals surface area (Å²) in [6.07, 6.45) is 3.53. The molecule has 2 aliphatic rings. The molecule has 0 bridgehead atoms. The van der Waals surface area contributed by atoms with Crippen LogP contribution in [0.2, 0.25) is 0 Å². The number of nitrogens with one attached hydrogen (secondary N) is 1. The molecule has 2 fully saturated rings. The van der Waals surface area contributed by atoms with E-state index in [1.54, 1.807) is 12.1 Å². The molecule has 0 aliphatic carbocycles. The van der Waals surface area contributed by atoms with Gasteiger partial charge in [0, 0.05) is 30.4 Å². The van der Waals surface area contributed by atoms with Crippen LogP contribution in [0.3, 0.4) is 0 Å². The van der Waals surface area contributed by atoms with Gasteiger partial charge >= 0.3 is 6.61 Å². The predicted molar refractivity (Wildman–Crippen MR) is 76.2 cm³/mol. The fourth-order valence-electron chi connectivity index (χ4n) is 3.42. The predicted octanol–water partition coefficient (Wildman–Crippen LogP) is 2.95. The van der Waals surface area contributed by atoms with E-state index in [2.05, 4.69) is 15.0 Å². The van der Waals surface area contributed by atoms with Crippen molar-refractivity contribution in [2.75, 3.05) is 25.5 Å². The summed E-state index contributed by atoms with van der Waals surface area (Å²) in [5.74, 6) is 0.383. The Kier molecular flexibility index (Phi) is 4.14. The second-order valence-electron chi connectivity index (χ2n) is 5.53. The number of nitrogens with zero attached hydrogens (tertiary/aromatic N) is 1. The zero-order valence-electron chi connectivity index (χ0n) is 12.0. The summed E-state index contributed by atoms with van der Waals surface area (Å²) in [7, 11) is 1.44. The van der Waals surface area contributed by atoms with E-state index in [0.717, 1.165) is 18.7 Å². The van der Waals surface area contributed by atoms with Gasteiger partial charge in [0.05, 0.1) is 7.11 Å². The highest BCUT2D eigenvalue weighted by atomic mass is 19.3. The Morgan fingerprint density at radius 2 is 2.10 bits per heavy atom. The third-order valence-electron chi connectivity index (χ3n) is 4.34. The molecule has 0 amide bonds. The topological polar surface area (TPSA) is 33.7 Å². The number of halogens is 2. The first-order valence-electron chi connectivity index (χ1n) is 7.31. The summed E-state index contributed by atoms with van der Waals surface area (Å²) in [5, 5.41) is 3.46. The molecular weight excluding hydrogens is 278 g/mol. The molecule has 0 aromatic heterocycles. The lowest BCUT2D eigenvalue weighted by atomic mass is 10.1. The van der Waals surface area contributed by atoms with E-state index in [9.17, 15) is 8.78 Å². The second-order valence-corrected chi connectivity index (χ2v) is 5.53. The molecule has 21 heavy (non-hydrogen) atoms. The quantitative estimate of drug-likeness (QED) is 0.906. The average molecular weight is 298 g/mol. The van der Waals surface area contributed by atoms with E-state index in [4.69, 9.17) is 4.74 Å². The number of methoxy groups -OCH3 is 1. The van der Waals surface area contributed by atoms with E-state index in [1.165, 1.54) is 26.5 Å². The molecule has 3 rings (SSSR count). The van der Waals surface area contributed by atoms with Crippen LogP contribution in [0.25, 0.3) is 0 Å². The van der Waals surface area contributed by atoms with Crippen LogP contribution < -0.4 is 14.8 Å². The van der Waals surface area contributed by atoms with E-state index >= 15 is 0 Å². The molecule has 2 atom stereocenters. The van der Waals surface area contributed by atoms with Gasteiger partial charge in [-0.15, -0.1) is 0 Å². The van der Waals surface area contributed by atoms with Crippen molar-refractivity contribution >= 4 is 5.69 Å². The zero-order chi connectivity index (χ0) is 14.8. The van der Waals surface area contributed by atoms with Crippen molar-refractivity contribution < 1.29 is 18.3 Å². The van der Waals surface area contributed by atoms with Crippen LogP contribution >= 0.6 is 0 Å². The molecule has 2 saturated heterocycles. The van der Waals surface area contributed by atoms with Gasteiger partial charge in [-0.25, -0.2) is 0 Å². The number of ether oxygens (including phenoxy) is 2. The Balaban J connectivity index is 1.73. The van der Waals surface area contributed by atoms with Crippen LogP contribution in [-0.2, 0) is 0 Å². The Morgan fingerprint density at radius 1 is 1.24 bits per heavy atom. The molecule has 0 saturated carbocycles. The molecule has 1 N–H and O–H groups in total. The number of hydrogen-bond acceptors (Lipinski definition) is 4. The summed E-state index contributed by atoms with van der Waals surface area (Å²) in [5.41, 5.74) is 0.796. The lowest BCUT2D eigenvalue weighted by molar-refractivity contribution is -0.0511. The molecule has 6 heteroatoms. The minimum Gasteiger partial charge on any atom is -0.493 e. The fourth-order valence-corrected chi connectivity index (χ4v) is 3.42. The van der Waals surface area contributed by atoms with Crippen LogP contribution in [0.15, 0.2) is 18.2 Å². The Labute approximate surface area is 123 Å². The standard InChI is InChI=1S/C15H20F2N2O2/c1-20-13-5-4-10(9-14(13)21-15(16)17)18-11-6-8-19-7-2-3-12(11)19/h4-5,9,11-12,15,18H,2-3,6-8H2,1H3. The lowest BCUT2D eigenvalue weighted by Crippen LogP contribution is -2.33. The van der Waals surface area contributed by atoms with Crippen molar-refractivity contribution in [2.24, 2.45) is 0 Å². The second kappa shape index (κ2) is 6.05. The maximum Gasteiger partial charge on any atom is 0.387 e. The number of benzene rings is 1. The monoisotopic (exact) mass is 298 g/mol. The smallest absolute Gasteiger partial charge is 0.387 e. The first-order valence-corrected chi connectivity index (χ1v) is 7.31. The highest BCUT2D eigenvalue weighted by Crippen LogP contribution is 2.34. The molecule has 0 spiro atoms. The van der Waals surface area contributed by atoms with Gasteiger partial charge in [0.2, 0.25) is 0 Å². The van der Waals surface area contributed by atoms with Gasteiger partial charge in [-0.05, 0) is 37.9 Å². The molecule has 0 radical (unpaired) electrons. The number of fused-ring (bicyclic) bond motifs is 1. The molecule has 2 aliphatic heterocycles. The number of alkyl halides is 2. The van der Waals surface area contributed by atoms with Crippen LogP contribution in [0.1, 0.15) is 19.3 Å². The van der Waals surface area contributed by atoms with Gasteiger partial charge in [-0.1, -0.05) is 0 Å². The summed E-state index contributed by atoms with van der Waals surface area (Å²) >= 11 is 0. The molecule has 4 nitrogen and oxygen atoms in total. The Hall–Kier alpha value is -1.56. The third-order valence-corrected chi connectivity index (χ3v) is 4.34. The minimum atomic E-state index is -2.86. The van der Waals surface area contributed by atoms with Crippen LogP contribution in [0, 0.1) is 0 Å².